The van der Waals surface area contributed by atoms with Gasteiger partial charge in [0, 0.05) is 17.8 Å². The molecule has 6 nitrogen and oxygen atoms in total. The van der Waals surface area contributed by atoms with Gasteiger partial charge in [0.1, 0.15) is 6.04 Å². The van der Waals surface area contributed by atoms with Gasteiger partial charge in [0.2, 0.25) is 0 Å². The van der Waals surface area contributed by atoms with E-state index in [0.717, 1.165) is 0 Å². The van der Waals surface area contributed by atoms with Crippen molar-refractivity contribution in [3.63, 3.8) is 0 Å². The maximum atomic E-state index is 12.1. The van der Waals surface area contributed by atoms with Crippen LogP contribution in [0.25, 0.3) is 0 Å². The molecule has 1 heterocycles. The van der Waals surface area contributed by atoms with Crippen LogP contribution in [0.3, 0.4) is 0 Å². The zero-order valence-corrected chi connectivity index (χ0v) is 10.6. The van der Waals surface area contributed by atoms with Gasteiger partial charge in [-0.1, -0.05) is 18.2 Å². The van der Waals surface area contributed by atoms with Crippen molar-refractivity contribution in [2.75, 3.05) is 0 Å². The SMILES string of the molecule is C=NNC(=O)C(NC(=O)c1ccccc1)c1ccoc1. The summed E-state index contributed by atoms with van der Waals surface area (Å²) in [7, 11) is 0. The zero-order chi connectivity index (χ0) is 14.4. The average molecular weight is 271 g/mol. The van der Waals surface area contributed by atoms with Crippen molar-refractivity contribution in [2.24, 2.45) is 5.10 Å². The van der Waals surface area contributed by atoms with E-state index in [1.807, 2.05) is 0 Å². The van der Waals surface area contributed by atoms with E-state index in [2.05, 4.69) is 22.6 Å². The van der Waals surface area contributed by atoms with Gasteiger partial charge in [-0.2, -0.15) is 5.10 Å². The quantitative estimate of drug-likeness (QED) is 0.638. The van der Waals surface area contributed by atoms with Crippen LogP contribution in [0.4, 0.5) is 0 Å². The minimum Gasteiger partial charge on any atom is -0.472 e. The molecule has 1 aromatic heterocycles. The van der Waals surface area contributed by atoms with E-state index in [0.29, 0.717) is 11.1 Å². The van der Waals surface area contributed by atoms with Crippen LogP contribution < -0.4 is 10.7 Å². The van der Waals surface area contributed by atoms with Gasteiger partial charge >= 0.3 is 0 Å². The van der Waals surface area contributed by atoms with Crippen LogP contribution in [-0.2, 0) is 4.79 Å². The van der Waals surface area contributed by atoms with Gasteiger partial charge in [-0.15, -0.1) is 0 Å². The first-order valence-electron chi connectivity index (χ1n) is 5.86. The van der Waals surface area contributed by atoms with Crippen molar-refractivity contribution in [1.82, 2.24) is 10.7 Å². The second-order valence-corrected chi connectivity index (χ2v) is 3.96. The summed E-state index contributed by atoms with van der Waals surface area (Å²) in [4.78, 5) is 24.0. The lowest BCUT2D eigenvalue weighted by Gasteiger charge is -2.15. The molecule has 0 bridgehead atoms. The van der Waals surface area contributed by atoms with Crippen LogP contribution in [0, 0.1) is 0 Å². The third-order valence-corrected chi connectivity index (χ3v) is 2.64. The number of carbonyl (C=O) groups excluding carboxylic acids is 2. The molecule has 0 fully saturated rings. The van der Waals surface area contributed by atoms with Gasteiger partial charge in [-0.05, 0) is 18.2 Å². The van der Waals surface area contributed by atoms with Crippen molar-refractivity contribution in [3.8, 4) is 0 Å². The molecule has 0 radical (unpaired) electrons. The maximum absolute atomic E-state index is 12.1. The number of amides is 2. The fraction of sp³-hybridized carbons (Fsp3) is 0.0714. The molecule has 0 aliphatic carbocycles. The molecule has 20 heavy (non-hydrogen) atoms. The number of nitrogens with one attached hydrogen (secondary N) is 2. The summed E-state index contributed by atoms with van der Waals surface area (Å²) in [5.74, 6) is -0.860. The molecule has 1 atom stereocenters. The van der Waals surface area contributed by atoms with Gasteiger partial charge < -0.3 is 9.73 Å². The van der Waals surface area contributed by atoms with Crippen LogP contribution in [0.15, 0.2) is 58.4 Å². The fourth-order valence-electron chi connectivity index (χ4n) is 1.69. The molecular weight excluding hydrogens is 258 g/mol. The molecule has 102 valence electrons. The highest BCUT2D eigenvalue weighted by Crippen LogP contribution is 2.14. The van der Waals surface area contributed by atoms with Crippen LogP contribution in [0.1, 0.15) is 22.0 Å². The van der Waals surface area contributed by atoms with E-state index in [9.17, 15) is 9.59 Å². The van der Waals surface area contributed by atoms with Crippen LogP contribution in [0.2, 0.25) is 0 Å². The summed E-state index contributed by atoms with van der Waals surface area (Å²) in [5, 5.41) is 5.94. The molecule has 2 aromatic rings. The molecule has 0 saturated carbocycles. The van der Waals surface area contributed by atoms with Gasteiger partial charge in [-0.25, -0.2) is 5.43 Å². The largest absolute Gasteiger partial charge is 0.472 e. The summed E-state index contributed by atoms with van der Waals surface area (Å²) in [6, 6.07) is 9.31. The first-order valence-corrected chi connectivity index (χ1v) is 5.86. The topological polar surface area (TPSA) is 83.7 Å². The maximum Gasteiger partial charge on any atom is 0.267 e. The number of nitrogens with zero attached hydrogens (tertiary/aromatic N) is 1. The lowest BCUT2D eigenvalue weighted by Crippen LogP contribution is -2.38. The van der Waals surface area contributed by atoms with Crippen molar-refractivity contribution < 1.29 is 14.0 Å². The van der Waals surface area contributed by atoms with Crippen molar-refractivity contribution >= 4 is 18.5 Å². The smallest absolute Gasteiger partial charge is 0.267 e. The first-order chi connectivity index (χ1) is 9.72. The number of hydrogen-bond donors (Lipinski definition) is 2. The zero-order valence-electron chi connectivity index (χ0n) is 10.6. The van der Waals surface area contributed by atoms with E-state index in [1.54, 1.807) is 36.4 Å². The Kier molecular flexibility index (Phi) is 4.28. The number of furan rings is 1. The van der Waals surface area contributed by atoms with Crippen molar-refractivity contribution in [1.29, 1.82) is 0 Å². The van der Waals surface area contributed by atoms with Crippen LogP contribution in [0.5, 0.6) is 0 Å². The molecule has 0 saturated heterocycles. The van der Waals surface area contributed by atoms with Crippen LogP contribution in [-0.4, -0.2) is 18.5 Å². The molecule has 2 rings (SSSR count). The van der Waals surface area contributed by atoms with E-state index in [1.165, 1.54) is 12.5 Å². The number of benzene rings is 1. The molecule has 2 N–H and O–H groups in total. The Morgan fingerprint density at radius 2 is 1.95 bits per heavy atom. The molecule has 0 aliphatic rings. The molecule has 1 aromatic carbocycles. The molecule has 1 unspecified atom stereocenters. The van der Waals surface area contributed by atoms with Gasteiger partial charge in [-0.3, -0.25) is 9.59 Å². The van der Waals surface area contributed by atoms with E-state index < -0.39 is 11.9 Å². The minimum atomic E-state index is -0.896. The average Bonchev–Trinajstić information content (AvgIpc) is 2.99. The number of hydrogen-bond acceptors (Lipinski definition) is 4. The Morgan fingerprint density at radius 3 is 2.55 bits per heavy atom. The lowest BCUT2D eigenvalue weighted by atomic mass is 10.1. The Hall–Kier alpha value is -2.89. The molecule has 2 amide bonds. The summed E-state index contributed by atoms with van der Waals surface area (Å²) >= 11 is 0. The number of hydrazone groups is 1. The van der Waals surface area contributed by atoms with E-state index in [-0.39, 0.29) is 5.91 Å². The summed E-state index contributed by atoms with van der Waals surface area (Å²) in [5.41, 5.74) is 3.19. The minimum absolute atomic E-state index is 0.365. The van der Waals surface area contributed by atoms with E-state index in [4.69, 9.17) is 4.42 Å². The molecular formula is C14H13N3O3. The second kappa shape index (κ2) is 6.33. The summed E-state index contributed by atoms with van der Waals surface area (Å²) in [6.07, 6.45) is 2.81. The highest BCUT2D eigenvalue weighted by molar-refractivity contribution is 5.97. The highest BCUT2D eigenvalue weighted by Gasteiger charge is 2.24. The predicted octanol–water partition coefficient (Wildman–Crippen LogP) is 1.48. The second-order valence-electron chi connectivity index (χ2n) is 3.96. The Labute approximate surface area is 115 Å². The van der Waals surface area contributed by atoms with Crippen molar-refractivity contribution in [2.45, 2.75) is 6.04 Å². The lowest BCUT2D eigenvalue weighted by molar-refractivity contribution is -0.123. The normalized spacial score (nSPS) is 11.4. The molecule has 0 spiro atoms. The molecule has 0 aliphatic heterocycles. The number of carbonyl (C=O) groups is 2. The van der Waals surface area contributed by atoms with Gasteiger partial charge in [0.05, 0.1) is 12.5 Å². The van der Waals surface area contributed by atoms with Gasteiger partial charge in [0.25, 0.3) is 11.8 Å². The van der Waals surface area contributed by atoms with Crippen LogP contribution >= 0.6 is 0 Å². The third-order valence-electron chi connectivity index (χ3n) is 2.64. The Morgan fingerprint density at radius 1 is 1.20 bits per heavy atom. The van der Waals surface area contributed by atoms with E-state index >= 15 is 0 Å². The third kappa shape index (κ3) is 3.11. The highest BCUT2D eigenvalue weighted by atomic mass is 16.3. The monoisotopic (exact) mass is 271 g/mol. The Bertz CT molecular complexity index is 593. The first kappa shape index (κ1) is 13.5. The number of rotatable bonds is 5. The standard InChI is InChI=1S/C14H13N3O3/c1-15-17-14(19)12(11-7-8-20-9-11)16-13(18)10-5-3-2-4-6-10/h2-9,12H,1H2,(H,16,18)(H,17,19). The fourth-order valence-corrected chi connectivity index (χ4v) is 1.69. The summed E-state index contributed by atoms with van der Waals surface area (Å²) < 4.78 is 4.93. The Balaban J connectivity index is 2.18. The summed E-state index contributed by atoms with van der Waals surface area (Å²) in [6.45, 7) is 3.18. The van der Waals surface area contributed by atoms with Crippen molar-refractivity contribution in [3.05, 3.63) is 60.1 Å². The predicted molar refractivity (Wildman–Crippen MR) is 73.0 cm³/mol. The van der Waals surface area contributed by atoms with Gasteiger partial charge in [0.15, 0.2) is 0 Å². The molecule has 6 heteroatoms.